The van der Waals surface area contributed by atoms with E-state index in [2.05, 4.69) is 5.32 Å². The third-order valence-corrected chi connectivity index (χ3v) is 5.79. The van der Waals surface area contributed by atoms with Crippen molar-refractivity contribution < 1.29 is 31.1 Å². The number of nitrogens with zero attached hydrogens (tertiary/aromatic N) is 1. The van der Waals surface area contributed by atoms with Gasteiger partial charge in [0.15, 0.2) is 0 Å². The SMILES string of the molecule is CSc1cc(C(=O)N2CCNCC2Cc2ccc(C(F)(F)F)cc2)cc(C(F)(F)F)c1.Cl.Cl. The number of hydrogen-bond donors (Lipinski definition) is 1. The van der Waals surface area contributed by atoms with Crippen LogP contribution in [0.4, 0.5) is 26.3 Å². The second-order valence-electron chi connectivity index (χ2n) is 7.20. The van der Waals surface area contributed by atoms with Gasteiger partial charge in [0.25, 0.3) is 5.91 Å². The lowest BCUT2D eigenvalue weighted by atomic mass is 10.00. The van der Waals surface area contributed by atoms with E-state index in [4.69, 9.17) is 0 Å². The van der Waals surface area contributed by atoms with Gasteiger partial charge in [-0.05, 0) is 48.6 Å². The number of alkyl halides is 6. The van der Waals surface area contributed by atoms with Crippen molar-refractivity contribution in [1.29, 1.82) is 0 Å². The monoisotopic (exact) mass is 534 g/mol. The summed E-state index contributed by atoms with van der Waals surface area (Å²) in [4.78, 5) is 14.9. The fraction of sp³-hybridized carbons (Fsp3) is 0.381. The van der Waals surface area contributed by atoms with Crippen molar-refractivity contribution in [3.63, 3.8) is 0 Å². The third kappa shape index (κ3) is 7.43. The Morgan fingerprint density at radius 3 is 2.15 bits per heavy atom. The molecule has 3 rings (SSSR count). The van der Waals surface area contributed by atoms with E-state index in [1.54, 1.807) is 6.26 Å². The van der Waals surface area contributed by atoms with Crippen LogP contribution in [0.3, 0.4) is 0 Å². The van der Waals surface area contributed by atoms with E-state index in [1.807, 2.05) is 0 Å². The van der Waals surface area contributed by atoms with Crippen LogP contribution in [0.15, 0.2) is 47.4 Å². The molecule has 0 bridgehead atoms. The number of thioether (sulfide) groups is 1. The van der Waals surface area contributed by atoms with Crippen LogP contribution in [0, 0.1) is 0 Å². The molecule has 2 aromatic carbocycles. The van der Waals surface area contributed by atoms with E-state index in [1.165, 1.54) is 23.1 Å². The van der Waals surface area contributed by atoms with Crippen LogP contribution in [0.2, 0.25) is 0 Å². The summed E-state index contributed by atoms with van der Waals surface area (Å²) in [6, 6.07) is 7.56. The van der Waals surface area contributed by atoms with Crippen LogP contribution in [-0.2, 0) is 18.8 Å². The lowest BCUT2D eigenvalue weighted by molar-refractivity contribution is -0.138. The van der Waals surface area contributed by atoms with E-state index >= 15 is 0 Å². The molecule has 0 aliphatic carbocycles. The standard InChI is InChI=1S/C21H20F6N2OS.2ClH/c1-31-18-10-14(9-16(11-18)21(25,26)27)19(30)29-7-6-28-12-17(29)8-13-2-4-15(5-3-13)20(22,23)24;;/h2-5,9-11,17,28H,6-8,12H2,1H3;2*1H. The van der Waals surface area contributed by atoms with E-state index in [9.17, 15) is 31.1 Å². The molecule has 1 N–H and O–H groups in total. The molecule has 1 atom stereocenters. The third-order valence-electron chi connectivity index (χ3n) is 5.08. The van der Waals surface area contributed by atoms with Gasteiger partial charge in [0, 0.05) is 36.1 Å². The number of carbonyl (C=O) groups excluding carboxylic acids is 1. The number of amides is 1. The summed E-state index contributed by atoms with van der Waals surface area (Å²) in [5, 5.41) is 3.13. The van der Waals surface area contributed by atoms with Crippen molar-refractivity contribution in [2.45, 2.75) is 29.7 Å². The highest BCUT2D eigenvalue weighted by atomic mass is 35.5. The molecule has 1 heterocycles. The number of rotatable bonds is 4. The molecular formula is C21H22Cl2F6N2OS. The number of benzene rings is 2. The summed E-state index contributed by atoms with van der Waals surface area (Å²) < 4.78 is 78.0. The molecule has 0 saturated carbocycles. The molecule has 1 fully saturated rings. The molecule has 184 valence electrons. The van der Waals surface area contributed by atoms with Crippen LogP contribution in [0.25, 0.3) is 0 Å². The number of piperazine rings is 1. The smallest absolute Gasteiger partial charge is 0.333 e. The minimum atomic E-state index is -4.58. The van der Waals surface area contributed by atoms with Crippen molar-refractivity contribution in [2.75, 3.05) is 25.9 Å². The molecule has 0 spiro atoms. The Labute approximate surface area is 204 Å². The van der Waals surface area contributed by atoms with Crippen molar-refractivity contribution in [2.24, 2.45) is 0 Å². The topological polar surface area (TPSA) is 32.3 Å². The summed E-state index contributed by atoms with van der Waals surface area (Å²) in [5.41, 5.74) is -1.11. The lowest BCUT2D eigenvalue weighted by Crippen LogP contribution is -2.54. The Morgan fingerprint density at radius 1 is 1.00 bits per heavy atom. The average Bonchev–Trinajstić information content (AvgIpc) is 2.72. The molecule has 33 heavy (non-hydrogen) atoms. The first kappa shape index (κ1) is 29.4. The van der Waals surface area contributed by atoms with Gasteiger partial charge in [-0.3, -0.25) is 4.79 Å². The maximum atomic E-state index is 13.2. The summed E-state index contributed by atoms with van der Waals surface area (Å²) in [5.74, 6) is -0.528. The van der Waals surface area contributed by atoms with Gasteiger partial charge in [-0.2, -0.15) is 26.3 Å². The van der Waals surface area contributed by atoms with Gasteiger partial charge in [0.1, 0.15) is 0 Å². The van der Waals surface area contributed by atoms with Gasteiger partial charge in [0.05, 0.1) is 11.1 Å². The normalized spacial score (nSPS) is 16.6. The summed E-state index contributed by atoms with van der Waals surface area (Å²) in [7, 11) is 0. The van der Waals surface area contributed by atoms with Crippen LogP contribution >= 0.6 is 36.6 Å². The number of nitrogens with one attached hydrogen (secondary N) is 1. The molecule has 1 aliphatic rings. The highest BCUT2D eigenvalue weighted by Gasteiger charge is 2.34. The predicted molar refractivity (Wildman–Crippen MR) is 121 cm³/mol. The van der Waals surface area contributed by atoms with Gasteiger partial charge >= 0.3 is 12.4 Å². The largest absolute Gasteiger partial charge is 0.416 e. The molecule has 1 aliphatic heterocycles. The Hall–Kier alpha value is -1.62. The summed E-state index contributed by atoms with van der Waals surface area (Å²) in [6.45, 7) is 1.15. The number of carbonyl (C=O) groups is 1. The maximum Gasteiger partial charge on any atom is 0.416 e. The molecule has 2 aromatic rings. The first-order valence-electron chi connectivity index (χ1n) is 9.43. The average molecular weight is 535 g/mol. The molecular weight excluding hydrogens is 513 g/mol. The Balaban J connectivity index is 0.00000272. The van der Waals surface area contributed by atoms with Gasteiger partial charge in [0.2, 0.25) is 0 Å². The Kier molecular flexibility index (Phi) is 10.4. The zero-order valence-corrected chi connectivity index (χ0v) is 19.7. The second kappa shape index (κ2) is 11.7. The van der Waals surface area contributed by atoms with E-state index < -0.39 is 35.4 Å². The predicted octanol–water partition coefficient (Wildman–Crippen LogP) is 5.95. The molecule has 0 aromatic heterocycles. The molecule has 1 amide bonds. The van der Waals surface area contributed by atoms with Crippen molar-refractivity contribution in [3.8, 4) is 0 Å². The van der Waals surface area contributed by atoms with Gasteiger partial charge < -0.3 is 10.2 Å². The first-order chi connectivity index (χ1) is 14.5. The van der Waals surface area contributed by atoms with Crippen LogP contribution in [-0.4, -0.2) is 42.7 Å². The number of hydrogen-bond acceptors (Lipinski definition) is 3. The maximum absolute atomic E-state index is 13.2. The van der Waals surface area contributed by atoms with Crippen LogP contribution < -0.4 is 5.32 Å². The zero-order chi connectivity index (χ0) is 22.8. The summed E-state index contributed by atoms with van der Waals surface area (Å²) >= 11 is 1.11. The second-order valence-corrected chi connectivity index (χ2v) is 8.08. The molecule has 3 nitrogen and oxygen atoms in total. The van der Waals surface area contributed by atoms with Gasteiger partial charge in [-0.1, -0.05) is 12.1 Å². The van der Waals surface area contributed by atoms with E-state index in [-0.39, 0.29) is 43.3 Å². The van der Waals surface area contributed by atoms with Crippen molar-refractivity contribution in [1.82, 2.24) is 10.2 Å². The van der Waals surface area contributed by atoms with E-state index in [0.717, 1.165) is 36.0 Å². The highest BCUT2D eigenvalue weighted by Crippen LogP contribution is 2.33. The minimum absolute atomic E-state index is 0. The minimum Gasteiger partial charge on any atom is -0.333 e. The Morgan fingerprint density at radius 2 is 1.61 bits per heavy atom. The quantitative estimate of drug-likeness (QED) is 0.388. The number of halogens is 8. The van der Waals surface area contributed by atoms with Gasteiger partial charge in [-0.15, -0.1) is 36.6 Å². The first-order valence-corrected chi connectivity index (χ1v) is 10.7. The van der Waals surface area contributed by atoms with Crippen LogP contribution in [0.1, 0.15) is 27.0 Å². The van der Waals surface area contributed by atoms with Gasteiger partial charge in [-0.25, -0.2) is 0 Å². The molecule has 1 saturated heterocycles. The zero-order valence-electron chi connectivity index (χ0n) is 17.3. The van der Waals surface area contributed by atoms with Crippen molar-refractivity contribution >= 4 is 42.5 Å². The fourth-order valence-electron chi connectivity index (χ4n) is 3.48. The molecule has 1 unspecified atom stereocenters. The van der Waals surface area contributed by atoms with Crippen molar-refractivity contribution in [3.05, 3.63) is 64.7 Å². The Bertz CT molecular complexity index is 938. The summed E-state index contributed by atoms with van der Waals surface area (Å²) in [6.07, 6.45) is -7.11. The van der Waals surface area contributed by atoms with E-state index in [0.29, 0.717) is 23.5 Å². The molecule has 0 radical (unpaired) electrons. The fourth-order valence-corrected chi connectivity index (χ4v) is 3.97. The molecule has 12 heteroatoms. The highest BCUT2D eigenvalue weighted by molar-refractivity contribution is 7.98. The lowest BCUT2D eigenvalue weighted by Gasteiger charge is -2.36. The van der Waals surface area contributed by atoms with Crippen LogP contribution in [0.5, 0.6) is 0 Å².